The van der Waals surface area contributed by atoms with Gasteiger partial charge in [-0.2, -0.15) is 0 Å². The number of esters is 1. The highest BCUT2D eigenvalue weighted by atomic mass is 16.5. The van der Waals surface area contributed by atoms with Crippen molar-refractivity contribution in [2.45, 2.75) is 37.8 Å². The fourth-order valence-electron chi connectivity index (χ4n) is 5.30. The molecule has 2 amide bonds. The fraction of sp³-hybridized carbons (Fsp3) is 0.619. The van der Waals surface area contributed by atoms with Crippen LogP contribution in [-0.2, 0) is 14.3 Å². The van der Waals surface area contributed by atoms with Gasteiger partial charge in [0.05, 0.1) is 19.7 Å². The minimum absolute atomic E-state index is 0.0582. The van der Waals surface area contributed by atoms with Gasteiger partial charge < -0.3 is 15.0 Å². The Kier molecular flexibility index (Phi) is 5.80. The maximum atomic E-state index is 12.8. The molecule has 29 heavy (non-hydrogen) atoms. The molecule has 156 valence electrons. The average molecular weight is 400 g/mol. The fourth-order valence-corrected chi connectivity index (χ4v) is 5.30. The number of nitrogens with one attached hydrogen (secondary N) is 1. The van der Waals surface area contributed by atoms with Gasteiger partial charge in [-0.05, 0) is 43.2 Å². The molecule has 1 aromatic heterocycles. The maximum Gasteiger partial charge on any atom is 0.319 e. The number of pyridine rings is 1. The zero-order valence-corrected chi connectivity index (χ0v) is 16.8. The second kappa shape index (κ2) is 8.49. The quantitative estimate of drug-likeness (QED) is 0.731. The lowest BCUT2D eigenvalue weighted by Crippen LogP contribution is -2.67. The number of carbonyl (C=O) groups excluding carboxylic acids is 3. The molecule has 0 spiro atoms. The molecule has 0 saturated carbocycles. The smallest absolute Gasteiger partial charge is 0.319 e. The van der Waals surface area contributed by atoms with Crippen molar-refractivity contribution in [3.05, 3.63) is 30.1 Å². The number of piperidine rings is 3. The van der Waals surface area contributed by atoms with Crippen LogP contribution in [0.4, 0.5) is 0 Å². The first-order valence-electron chi connectivity index (χ1n) is 10.4. The molecule has 3 fully saturated rings. The number of hydrogen-bond acceptors (Lipinski definition) is 6. The van der Waals surface area contributed by atoms with E-state index in [4.69, 9.17) is 4.74 Å². The number of aromatic nitrogens is 1. The van der Waals surface area contributed by atoms with E-state index in [-0.39, 0.29) is 42.3 Å². The van der Waals surface area contributed by atoms with E-state index in [2.05, 4.69) is 20.1 Å². The predicted molar refractivity (Wildman–Crippen MR) is 105 cm³/mol. The van der Waals surface area contributed by atoms with Gasteiger partial charge >= 0.3 is 5.97 Å². The van der Waals surface area contributed by atoms with E-state index >= 15 is 0 Å². The van der Waals surface area contributed by atoms with E-state index in [1.807, 2.05) is 0 Å². The zero-order chi connectivity index (χ0) is 20.4. The molecule has 1 N–H and O–H groups in total. The Labute approximate surface area is 170 Å². The second-order valence-corrected chi connectivity index (χ2v) is 8.28. The third kappa shape index (κ3) is 4.12. The normalized spacial score (nSPS) is 29.1. The molecule has 2 bridgehead atoms. The van der Waals surface area contributed by atoms with Gasteiger partial charge in [0.25, 0.3) is 5.91 Å². The lowest BCUT2D eigenvalue weighted by molar-refractivity contribution is -0.155. The van der Waals surface area contributed by atoms with Crippen molar-refractivity contribution < 1.29 is 19.1 Å². The summed E-state index contributed by atoms with van der Waals surface area (Å²) < 4.78 is 4.84. The van der Waals surface area contributed by atoms with Crippen LogP contribution in [0.2, 0.25) is 0 Å². The molecule has 8 heteroatoms. The van der Waals surface area contributed by atoms with Gasteiger partial charge in [-0.15, -0.1) is 0 Å². The molecule has 3 aliphatic rings. The summed E-state index contributed by atoms with van der Waals surface area (Å²) in [5.41, 5.74) is 0.374. The number of amides is 2. The van der Waals surface area contributed by atoms with Crippen LogP contribution in [0.1, 0.15) is 36.2 Å². The Morgan fingerprint density at radius 3 is 2.86 bits per heavy atom. The molecular weight excluding hydrogens is 372 g/mol. The number of ether oxygens (including phenoxy) is 1. The summed E-state index contributed by atoms with van der Waals surface area (Å²) in [6.45, 7) is 2.22. The Bertz CT molecular complexity index is 771. The zero-order valence-electron chi connectivity index (χ0n) is 16.8. The van der Waals surface area contributed by atoms with E-state index < -0.39 is 0 Å². The number of nitrogens with zero attached hydrogens (tertiary/aromatic N) is 3. The molecule has 0 unspecified atom stereocenters. The van der Waals surface area contributed by atoms with Gasteiger partial charge in [0.2, 0.25) is 5.91 Å². The van der Waals surface area contributed by atoms with Gasteiger partial charge in [0.15, 0.2) is 0 Å². The molecule has 4 rings (SSSR count). The monoisotopic (exact) mass is 400 g/mol. The summed E-state index contributed by atoms with van der Waals surface area (Å²) in [6.07, 6.45) is 5.09. The third-order valence-electron chi connectivity index (χ3n) is 6.52. The largest absolute Gasteiger partial charge is 0.468 e. The predicted octanol–water partition coefficient (Wildman–Crippen LogP) is 0.686. The van der Waals surface area contributed by atoms with Crippen LogP contribution >= 0.6 is 0 Å². The van der Waals surface area contributed by atoms with Crippen molar-refractivity contribution in [1.29, 1.82) is 0 Å². The number of likely N-dealkylation sites (tertiary alicyclic amines) is 1. The van der Waals surface area contributed by atoms with Crippen LogP contribution in [0.3, 0.4) is 0 Å². The molecule has 0 aliphatic carbocycles. The van der Waals surface area contributed by atoms with Crippen molar-refractivity contribution in [2.24, 2.45) is 11.8 Å². The summed E-state index contributed by atoms with van der Waals surface area (Å²) in [4.78, 5) is 45.4. The van der Waals surface area contributed by atoms with Crippen molar-refractivity contribution >= 4 is 17.8 Å². The average Bonchev–Trinajstić information content (AvgIpc) is 2.74. The molecular formula is C21H28N4O4. The van der Waals surface area contributed by atoms with Crippen LogP contribution in [0, 0.1) is 11.8 Å². The van der Waals surface area contributed by atoms with Crippen molar-refractivity contribution in [3.8, 4) is 0 Å². The first kappa shape index (κ1) is 19.8. The van der Waals surface area contributed by atoms with Crippen LogP contribution in [0.25, 0.3) is 0 Å². The second-order valence-electron chi connectivity index (χ2n) is 8.28. The van der Waals surface area contributed by atoms with Gasteiger partial charge in [0, 0.05) is 38.3 Å². The Balaban J connectivity index is 1.50. The van der Waals surface area contributed by atoms with E-state index in [1.165, 1.54) is 7.11 Å². The molecule has 3 aliphatic heterocycles. The summed E-state index contributed by atoms with van der Waals surface area (Å²) in [7, 11) is 1.41. The Morgan fingerprint density at radius 1 is 1.28 bits per heavy atom. The number of carbonyl (C=O) groups is 3. The van der Waals surface area contributed by atoms with Crippen molar-refractivity contribution in [3.63, 3.8) is 0 Å². The summed E-state index contributed by atoms with van der Waals surface area (Å²) >= 11 is 0. The van der Waals surface area contributed by atoms with Crippen LogP contribution in [0.5, 0.6) is 0 Å². The van der Waals surface area contributed by atoms with Gasteiger partial charge in [-0.25, -0.2) is 0 Å². The number of fused-ring (bicyclic) bond motifs is 4. The van der Waals surface area contributed by atoms with Crippen LogP contribution in [-0.4, -0.2) is 77.9 Å². The molecule has 4 heterocycles. The topological polar surface area (TPSA) is 91.8 Å². The molecule has 0 aromatic carbocycles. The van der Waals surface area contributed by atoms with Gasteiger partial charge in [0.1, 0.15) is 5.69 Å². The van der Waals surface area contributed by atoms with E-state index in [0.29, 0.717) is 24.6 Å². The van der Waals surface area contributed by atoms with Crippen LogP contribution in [0.15, 0.2) is 24.4 Å². The van der Waals surface area contributed by atoms with Gasteiger partial charge in [-0.3, -0.25) is 24.3 Å². The van der Waals surface area contributed by atoms with Crippen molar-refractivity contribution in [1.82, 2.24) is 20.1 Å². The number of methoxy groups -OCH3 is 1. The Hall–Kier alpha value is -2.48. The van der Waals surface area contributed by atoms with Gasteiger partial charge in [-0.1, -0.05) is 6.07 Å². The molecule has 1 aromatic rings. The summed E-state index contributed by atoms with van der Waals surface area (Å²) in [5.74, 6) is 0.318. The SMILES string of the molecule is COC(=O)CN1C[C@H]2C[C@@H](C1)[C@H](CNC(=O)c1ccccn1)N1C(=O)CCC[C@@H]21. The first-order valence-corrected chi connectivity index (χ1v) is 10.4. The third-order valence-corrected chi connectivity index (χ3v) is 6.52. The number of rotatable bonds is 5. The lowest BCUT2D eigenvalue weighted by atomic mass is 9.72. The van der Waals surface area contributed by atoms with E-state index in [0.717, 1.165) is 32.4 Å². The standard InChI is InChI=1S/C21H28N4O4/c1-29-20(27)13-24-11-14-9-15(12-24)18(25-17(14)6-4-7-19(25)26)10-23-21(28)16-5-2-3-8-22-16/h2-3,5,8,14-15,17-18H,4,6-7,9-13H2,1H3,(H,23,28)/t14-,15+,17+,18+/m1/s1. The summed E-state index contributed by atoms with van der Waals surface area (Å²) in [6, 6.07) is 5.36. The first-order chi connectivity index (χ1) is 14.1. The highest BCUT2D eigenvalue weighted by Crippen LogP contribution is 2.41. The Morgan fingerprint density at radius 2 is 2.10 bits per heavy atom. The van der Waals surface area contributed by atoms with Crippen molar-refractivity contribution in [2.75, 3.05) is 33.3 Å². The van der Waals surface area contributed by atoms with E-state index in [1.54, 1.807) is 24.4 Å². The molecule has 8 nitrogen and oxygen atoms in total. The van der Waals surface area contributed by atoms with E-state index in [9.17, 15) is 14.4 Å². The van der Waals surface area contributed by atoms with Crippen LogP contribution < -0.4 is 5.32 Å². The minimum Gasteiger partial charge on any atom is -0.468 e. The summed E-state index contributed by atoms with van der Waals surface area (Å²) in [5, 5.41) is 2.99. The minimum atomic E-state index is -0.235. The molecule has 0 radical (unpaired) electrons. The lowest BCUT2D eigenvalue weighted by Gasteiger charge is -2.56. The highest BCUT2D eigenvalue weighted by Gasteiger charge is 2.49. The highest BCUT2D eigenvalue weighted by molar-refractivity contribution is 5.92. The maximum absolute atomic E-state index is 12.8. The number of hydrogen-bond donors (Lipinski definition) is 1. The molecule has 3 saturated heterocycles. The molecule has 4 atom stereocenters.